The van der Waals surface area contributed by atoms with Crippen molar-refractivity contribution in [3.63, 3.8) is 0 Å². The molecule has 9 nitrogen and oxygen atoms in total. The van der Waals surface area contributed by atoms with Crippen molar-refractivity contribution in [1.29, 1.82) is 0 Å². The normalized spacial score (nSPS) is 12.2. The number of ether oxygens (including phenoxy) is 1. The summed E-state index contributed by atoms with van der Waals surface area (Å²) in [7, 11) is 1.53. The molecule has 2 aromatic carbocycles. The van der Waals surface area contributed by atoms with Crippen molar-refractivity contribution in [2.24, 2.45) is 21.7 Å². The predicted molar refractivity (Wildman–Crippen MR) is 117 cm³/mol. The fourth-order valence-electron chi connectivity index (χ4n) is 2.23. The SMILES string of the molecule is COc1cccc(C=CC(=O)NC(N)=NN=C(N)NC(=O)C=Cc2cccc(F)c2F)c1. The molecule has 0 saturated heterocycles. The topological polar surface area (TPSA) is 144 Å². The summed E-state index contributed by atoms with van der Waals surface area (Å²) in [5, 5.41) is 11.3. The molecule has 0 saturated carbocycles. The number of halogens is 2. The molecule has 166 valence electrons. The van der Waals surface area contributed by atoms with Crippen LogP contribution in [0.15, 0.2) is 64.8 Å². The number of hydrogen-bond donors (Lipinski definition) is 4. The Hall–Kier alpha value is -4.54. The molecule has 0 aromatic heterocycles. The maximum atomic E-state index is 13.5. The van der Waals surface area contributed by atoms with E-state index in [0.29, 0.717) is 5.75 Å². The number of nitrogens with two attached hydrogens (primary N) is 2. The summed E-state index contributed by atoms with van der Waals surface area (Å²) >= 11 is 0. The Morgan fingerprint density at radius 1 is 0.938 bits per heavy atom. The van der Waals surface area contributed by atoms with Crippen LogP contribution in [0.2, 0.25) is 0 Å². The highest BCUT2D eigenvalue weighted by Gasteiger charge is 2.05. The molecule has 11 heteroatoms. The fraction of sp³-hybridized carbons (Fsp3) is 0.0476. The van der Waals surface area contributed by atoms with E-state index in [1.807, 2.05) is 0 Å². The standard InChI is InChI=1S/C21H20F2N6O3/c1-32-15-6-2-4-13(12-15)8-10-17(30)26-20(24)28-29-21(25)27-18(31)11-9-14-5-3-7-16(22)19(14)23/h2-12H,1H3,(H3,24,26,28,30)(H3,25,27,29,31). The van der Waals surface area contributed by atoms with Crippen molar-refractivity contribution in [1.82, 2.24) is 10.6 Å². The molecule has 0 heterocycles. The maximum Gasteiger partial charge on any atom is 0.250 e. The molecule has 0 aliphatic carbocycles. The number of benzene rings is 2. The minimum absolute atomic E-state index is 0.123. The number of nitrogens with zero attached hydrogens (tertiary/aromatic N) is 2. The number of amides is 2. The number of rotatable bonds is 6. The van der Waals surface area contributed by atoms with Gasteiger partial charge in [0.05, 0.1) is 7.11 Å². The molecular weight excluding hydrogens is 422 g/mol. The second-order valence-corrected chi connectivity index (χ2v) is 6.04. The molecule has 0 fully saturated rings. The zero-order valence-corrected chi connectivity index (χ0v) is 16.9. The molecule has 0 aliphatic heterocycles. The molecular formula is C21H20F2N6O3. The highest BCUT2D eigenvalue weighted by Crippen LogP contribution is 2.14. The van der Waals surface area contributed by atoms with Gasteiger partial charge in [0.1, 0.15) is 5.75 Å². The molecule has 6 N–H and O–H groups in total. The Kier molecular flexibility index (Phi) is 8.60. The number of carbonyl (C=O) groups excluding carboxylic acids is 2. The lowest BCUT2D eigenvalue weighted by Crippen LogP contribution is -2.37. The highest BCUT2D eigenvalue weighted by atomic mass is 19.2. The second-order valence-electron chi connectivity index (χ2n) is 6.04. The molecule has 0 bridgehead atoms. The molecule has 32 heavy (non-hydrogen) atoms. The Morgan fingerprint density at radius 2 is 1.53 bits per heavy atom. The summed E-state index contributed by atoms with van der Waals surface area (Å²) < 4.78 is 31.8. The number of guanidine groups is 2. The highest BCUT2D eigenvalue weighted by molar-refractivity contribution is 6.05. The molecule has 0 atom stereocenters. The number of hydrogen-bond acceptors (Lipinski definition) is 5. The van der Waals surface area contributed by atoms with Crippen molar-refractivity contribution >= 4 is 35.9 Å². The lowest BCUT2D eigenvalue weighted by atomic mass is 10.2. The van der Waals surface area contributed by atoms with Gasteiger partial charge < -0.3 is 16.2 Å². The lowest BCUT2D eigenvalue weighted by Gasteiger charge is -2.02. The van der Waals surface area contributed by atoms with Crippen LogP contribution in [0.3, 0.4) is 0 Å². The molecule has 0 aliphatic rings. The maximum absolute atomic E-state index is 13.5. The number of nitrogens with one attached hydrogen (secondary N) is 2. The van der Waals surface area contributed by atoms with E-state index in [2.05, 4.69) is 20.8 Å². The number of methoxy groups -OCH3 is 1. The van der Waals surface area contributed by atoms with Crippen molar-refractivity contribution in [3.8, 4) is 5.75 Å². The van der Waals surface area contributed by atoms with Crippen molar-refractivity contribution in [2.75, 3.05) is 7.11 Å². The predicted octanol–water partition coefficient (Wildman–Crippen LogP) is 1.48. The second kappa shape index (κ2) is 11.6. The quantitative estimate of drug-likeness (QED) is 0.232. The summed E-state index contributed by atoms with van der Waals surface area (Å²) in [5.74, 6) is -3.66. The van der Waals surface area contributed by atoms with Gasteiger partial charge in [0.2, 0.25) is 11.9 Å². The first-order valence-corrected chi connectivity index (χ1v) is 9.01. The van der Waals surface area contributed by atoms with Gasteiger partial charge in [-0.05, 0) is 35.9 Å². The van der Waals surface area contributed by atoms with Gasteiger partial charge in [-0.25, -0.2) is 8.78 Å². The van der Waals surface area contributed by atoms with Crippen molar-refractivity contribution < 1.29 is 23.1 Å². The summed E-state index contributed by atoms with van der Waals surface area (Å²) in [5.41, 5.74) is 11.6. The summed E-state index contributed by atoms with van der Waals surface area (Å²) in [4.78, 5) is 23.6. The van der Waals surface area contributed by atoms with Gasteiger partial charge in [-0.3, -0.25) is 20.2 Å². The molecule has 2 amide bonds. The third-order valence-corrected chi connectivity index (χ3v) is 3.68. The van der Waals surface area contributed by atoms with Crippen LogP contribution < -0.4 is 26.8 Å². The Morgan fingerprint density at radius 3 is 2.16 bits per heavy atom. The van der Waals surface area contributed by atoms with Gasteiger partial charge in [0.15, 0.2) is 11.6 Å². The molecule has 0 radical (unpaired) electrons. The van der Waals surface area contributed by atoms with E-state index >= 15 is 0 Å². The molecule has 2 rings (SSSR count). The van der Waals surface area contributed by atoms with E-state index in [4.69, 9.17) is 16.2 Å². The van der Waals surface area contributed by atoms with E-state index in [0.717, 1.165) is 23.8 Å². The monoisotopic (exact) mass is 442 g/mol. The van der Waals surface area contributed by atoms with E-state index < -0.39 is 29.4 Å². The zero-order chi connectivity index (χ0) is 23.5. The van der Waals surface area contributed by atoms with Gasteiger partial charge in [0.25, 0.3) is 11.8 Å². The van der Waals surface area contributed by atoms with Crippen LogP contribution in [-0.4, -0.2) is 30.8 Å². The minimum Gasteiger partial charge on any atom is -0.497 e. The molecule has 0 unspecified atom stereocenters. The van der Waals surface area contributed by atoms with E-state index in [9.17, 15) is 18.4 Å². The van der Waals surface area contributed by atoms with Crippen LogP contribution in [0.4, 0.5) is 8.78 Å². The zero-order valence-electron chi connectivity index (χ0n) is 16.9. The number of carbonyl (C=O) groups is 2. The first-order valence-electron chi connectivity index (χ1n) is 9.01. The Balaban J connectivity index is 1.89. The third-order valence-electron chi connectivity index (χ3n) is 3.68. The largest absolute Gasteiger partial charge is 0.497 e. The van der Waals surface area contributed by atoms with Crippen LogP contribution in [0.25, 0.3) is 12.2 Å². The average Bonchev–Trinajstić information content (AvgIpc) is 2.77. The van der Waals surface area contributed by atoms with Gasteiger partial charge in [0, 0.05) is 17.7 Å². The first kappa shape index (κ1) is 23.7. The minimum atomic E-state index is -1.09. The summed E-state index contributed by atoms with van der Waals surface area (Å²) in [6.45, 7) is 0. The first-order chi connectivity index (χ1) is 15.3. The van der Waals surface area contributed by atoms with Gasteiger partial charge in [-0.2, -0.15) is 0 Å². The molecule has 0 spiro atoms. The summed E-state index contributed by atoms with van der Waals surface area (Å²) in [6.07, 6.45) is 4.76. The van der Waals surface area contributed by atoms with Crippen molar-refractivity contribution in [2.45, 2.75) is 0 Å². The Labute approximate surface area is 182 Å². The van der Waals surface area contributed by atoms with Crippen LogP contribution in [0.5, 0.6) is 5.75 Å². The van der Waals surface area contributed by atoms with Crippen molar-refractivity contribution in [3.05, 3.63) is 77.4 Å². The van der Waals surface area contributed by atoms with Crippen LogP contribution in [0.1, 0.15) is 11.1 Å². The van der Waals surface area contributed by atoms with Gasteiger partial charge in [-0.15, -0.1) is 10.2 Å². The third kappa shape index (κ3) is 7.71. The van der Waals surface area contributed by atoms with Gasteiger partial charge >= 0.3 is 0 Å². The van der Waals surface area contributed by atoms with E-state index in [1.165, 1.54) is 31.4 Å². The van der Waals surface area contributed by atoms with Crippen LogP contribution in [0, 0.1) is 11.6 Å². The average molecular weight is 442 g/mol. The summed E-state index contributed by atoms with van der Waals surface area (Å²) in [6, 6.07) is 10.6. The van der Waals surface area contributed by atoms with E-state index in [1.54, 1.807) is 24.3 Å². The van der Waals surface area contributed by atoms with Gasteiger partial charge in [-0.1, -0.05) is 24.3 Å². The van der Waals surface area contributed by atoms with Crippen LogP contribution >= 0.6 is 0 Å². The molecule has 2 aromatic rings. The van der Waals surface area contributed by atoms with E-state index in [-0.39, 0.29) is 11.5 Å². The van der Waals surface area contributed by atoms with Crippen LogP contribution in [-0.2, 0) is 9.59 Å². The lowest BCUT2D eigenvalue weighted by molar-refractivity contribution is -0.116. The smallest absolute Gasteiger partial charge is 0.250 e. The fourth-order valence-corrected chi connectivity index (χ4v) is 2.23. The Bertz CT molecular complexity index is 1110.